The molecule has 226 valence electrons. The van der Waals surface area contributed by atoms with Crippen molar-refractivity contribution in [1.82, 2.24) is 10.2 Å². The van der Waals surface area contributed by atoms with Crippen LogP contribution in [0.5, 0.6) is 0 Å². The van der Waals surface area contributed by atoms with E-state index in [-0.39, 0.29) is 45.5 Å². The first kappa shape index (κ1) is 34.0. The largest absolute Gasteiger partial charge is 0.352 e. The number of halogens is 4. The summed E-state index contributed by atoms with van der Waals surface area (Å²) in [5, 5.41) is 3.84. The van der Waals surface area contributed by atoms with E-state index in [9.17, 15) is 18.0 Å². The van der Waals surface area contributed by atoms with E-state index in [1.54, 1.807) is 37.3 Å². The van der Waals surface area contributed by atoms with Gasteiger partial charge in [0.1, 0.15) is 12.6 Å². The maximum absolute atomic E-state index is 14.2. The lowest BCUT2D eigenvalue weighted by atomic mass is 10.1. The zero-order valence-corrected chi connectivity index (χ0v) is 27.5. The molecule has 0 heterocycles. The highest BCUT2D eigenvalue weighted by Crippen LogP contribution is 2.34. The molecule has 2 atom stereocenters. The van der Waals surface area contributed by atoms with Crippen molar-refractivity contribution in [2.75, 3.05) is 10.8 Å². The Hall–Kier alpha value is -2.49. The number of hydrogen-bond acceptors (Lipinski definition) is 4. The zero-order valence-electron chi connectivity index (χ0n) is 23.7. The fraction of sp³-hybridized carbons (Fsp3) is 0.333. The van der Waals surface area contributed by atoms with Gasteiger partial charge in [-0.3, -0.25) is 13.9 Å². The normalized spacial score (nSPS) is 12.9. The van der Waals surface area contributed by atoms with E-state index in [4.69, 9.17) is 46.4 Å². The summed E-state index contributed by atoms with van der Waals surface area (Å²) in [6.45, 7) is 6.58. The molecule has 3 rings (SSSR count). The molecular formula is C30H33Cl4N3O4S. The summed E-state index contributed by atoms with van der Waals surface area (Å²) in [6, 6.07) is 14.4. The molecule has 3 aromatic rings. The average Bonchev–Trinajstić information content (AvgIpc) is 2.94. The van der Waals surface area contributed by atoms with Crippen molar-refractivity contribution >= 4 is 73.9 Å². The van der Waals surface area contributed by atoms with Gasteiger partial charge in [0.05, 0.1) is 15.6 Å². The van der Waals surface area contributed by atoms with Crippen molar-refractivity contribution < 1.29 is 18.0 Å². The number of nitrogens with zero attached hydrogens (tertiary/aromatic N) is 2. The highest BCUT2D eigenvalue weighted by Gasteiger charge is 2.35. The Morgan fingerprint density at radius 3 is 2.07 bits per heavy atom. The van der Waals surface area contributed by atoms with Crippen LogP contribution >= 0.6 is 46.4 Å². The molecule has 0 bridgehead atoms. The number of hydrogen-bond donors (Lipinski definition) is 1. The van der Waals surface area contributed by atoms with Crippen LogP contribution in [0.25, 0.3) is 0 Å². The molecule has 3 aromatic carbocycles. The Morgan fingerprint density at radius 2 is 1.50 bits per heavy atom. The summed E-state index contributed by atoms with van der Waals surface area (Å²) in [6.07, 6.45) is 0.932. The molecule has 7 nitrogen and oxygen atoms in total. The summed E-state index contributed by atoms with van der Waals surface area (Å²) < 4.78 is 29.0. The number of benzene rings is 3. The summed E-state index contributed by atoms with van der Waals surface area (Å²) in [5.41, 5.74) is 1.31. The van der Waals surface area contributed by atoms with E-state index in [1.807, 2.05) is 20.8 Å². The van der Waals surface area contributed by atoms with Crippen LogP contribution in [0.3, 0.4) is 0 Å². The molecule has 1 N–H and O–H groups in total. The first-order valence-corrected chi connectivity index (χ1v) is 16.3. The standard InChI is InChI=1S/C30H33Cl4N3O4S/c1-5-20(4)35-30(39)27(6-2)36(17-23-24(32)8-7-9-25(23)33)29(38)18-37(28-16-21(31)12-15-26(28)34)42(40,41)22-13-10-19(3)11-14-22/h7-16,20,27H,5-6,17-18H2,1-4H3,(H,35,39)/t20-,27-/m1/s1. The minimum absolute atomic E-state index is 0.0194. The molecule has 0 unspecified atom stereocenters. The third kappa shape index (κ3) is 8.11. The Bertz CT molecular complexity index is 1510. The number of carbonyl (C=O) groups is 2. The van der Waals surface area contributed by atoms with E-state index < -0.39 is 28.5 Å². The molecule has 42 heavy (non-hydrogen) atoms. The number of amides is 2. The van der Waals surface area contributed by atoms with Crippen LogP contribution in [0.15, 0.2) is 65.6 Å². The molecule has 2 amide bonds. The van der Waals surface area contributed by atoms with Crippen LogP contribution < -0.4 is 9.62 Å². The molecule has 0 spiro atoms. The predicted molar refractivity (Wildman–Crippen MR) is 171 cm³/mol. The van der Waals surface area contributed by atoms with Crippen molar-refractivity contribution in [3.63, 3.8) is 0 Å². The van der Waals surface area contributed by atoms with Crippen molar-refractivity contribution in [3.8, 4) is 0 Å². The predicted octanol–water partition coefficient (Wildman–Crippen LogP) is 7.53. The number of nitrogens with one attached hydrogen (secondary N) is 1. The van der Waals surface area contributed by atoms with Gasteiger partial charge in [-0.05, 0) is 69.2 Å². The summed E-state index contributed by atoms with van der Waals surface area (Å²) in [4.78, 5) is 28.9. The van der Waals surface area contributed by atoms with Gasteiger partial charge in [0.25, 0.3) is 10.0 Å². The molecule has 0 aromatic heterocycles. The van der Waals surface area contributed by atoms with Gasteiger partial charge in [-0.1, -0.05) is 84.0 Å². The van der Waals surface area contributed by atoms with Crippen LogP contribution in [0, 0.1) is 6.92 Å². The number of sulfonamides is 1. The van der Waals surface area contributed by atoms with E-state index in [2.05, 4.69) is 5.32 Å². The van der Waals surface area contributed by atoms with Gasteiger partial charge in [0.2, 0.25) is 11.8 Å². The zero-order chi connectivity index (χ0) is 31.2. The highest BCUT2D eigenvalue weighted by atomic mass is 35.5. The van der Waals surface area contributed by atoms with Crippen LogP contribution in [0.1, 0.15) is 44.7 Å². The highest BCUT2D eigenvalue weighted by molar-refractivity contribution is 7.92. The molecule has 0 saturated carbocycles. The Balaban J connectivity index is 2.14. The Kier molecular flexibility index (Phi) is 12.0. The van der Waals surface area contributed by atoms with Gasteiger partial charge in [0.15, 0.2) is 0 Å². The third-order valence-electron chi connectivity index (χ3n) is 6.84. The molecule has 0 aliphatic carbocycles. The third-order valence-corrected chi connectivity index (χ3v) is 9.88. The second-order valence-electron chi connectivity index (χ2n) is 9.88. The van der Waals surface area contributed by atoms with E-state index in [1.165, 1.54) is 35.2 Å². The first-order chi connectivity index (χ1) is 19.8. The topological polar surface area (TPSA) is 86.8 Å². The van der Waals surface area contributed by atoms with Crippen molar-refractivity contribution in [2.24, 2.45) is 0 Å². The average molecular weight is 673 g/mol. The van der Waals surface area contributed by atoms with Crippen LogP contribution in [-0.4, -0.2) is 43.8 Å². The number of carbonyl (C=O) groups excluding carboxylic acids is 2. The van der Waals surface area contributed by atoms with E-state index in [0.717, 1.165) is 9.87 Å². The van der Waals surface area contributed by atoms with Crippen LogP contribution in [0.4, 0.5) is 5.69 Å². The second-order valence-corrected chi connectivity index (χ2v) is 13.4. The minimum atomic E-state index is -4.31. The van der Waals surface area contributed by atoms with Gasteiger partial charge < -0.3 is 10.2 Å². The quantitative estimate of drug-likeness (QED) is 0.216. The number of rotatable bonds is 12. The Morgan fingerprint density at radius 1 is 0.881 bits per heavy atom. The molecule has 0 aliphatic rings. The fourth-order valence-corrected chi connectivity index (χ4v) is 6.62. The Labute approximate surface area is 267 Å². The lowest BCUT2D eigenvalue weighted by Gasteiger charge is -2.34. The van der Waals surface area contributed by atoms with Crippen molar-refractivity contribution in [1.29, 1.82) is 0 Å². The smallest absolute Gasteiger partial charge is 0.264 e. The molecule has 12 heteroatoms. The molecular weight excluding hydrogens is 640 g/mol. The maximum atomic E-state index is 14.2. The van der Waals surface area contributed by atoms with Gasteiger partial charge in [-0.2, -0.15) is 0 Å². The maximum Gasteiger partial charge on any atom is 0.264 e. The molecule has 0 saturated heterocycles. The van der Waals surface area contributed by atoms with Gasteiger partial charge in [-0.25, -0.2) is 8.42 Å². The van der Waals surface area contributed by atoms with Gasteiger partial charge in [-0.15, -0.1) is 0 Å². The number of anilines is 1. The lowest BCUT2D eigenvalue weighted by Crippen LogP contribution is -2.53. The summed E-state index contributed by atoms with van der Waals surface area (Å²) >= 11 is 25.6. The monoisotopic (exact) mass is 671 g/mol. The van der Waals surface area contributed by atoms with Gasteiger partial charge in [0, 0.05) is 33.2 Å². The van der Waals surface area contributed by atoms with E-state index in [0.29, 0.717) is 22.0 Å². The van der Waals surface area contributed by atoms with Crippen molar-refractivity contribution in [3.05, 3.63) is 91.9 Å². The van der Waals surface area contributed by atoms with Gasteiger partial charge >= 0.3 is 0 Å². The molecule has 0 radical (unpaired) electrons. The second kappa shape index (κ2) is 14.8. The van der Waals surface area contributed by atoms with Crippen LogP contribution in [-0.2, 0) is 26.2 Å². The van der Waals surface area contributed by atoms with E-state index >= 15 is 0 Å². The van der Waals surface area contributed by atoms with Crippen molar-refractivity contribution in [2.45, 2.75) is 64.1 Å². The minimum Gasteiger partial charge on any atom is -0.352 e. The summed E-state index contributed by atoms with van der Waals surface area (Å²) in [5.74, 6) is -1.04. The summed E-state index contributed by atoms with van der Waals surface area (Å²) in [7, 11) is -4.31. The molecule has 0 fully saturated rings. The first-order valence-electron chi connectivity index (χ1n) is 13.4. The lowest BCUT2D eigenvalue weighted by molar-refractivity contribution is -0.140. The number of aryl methyl sites for hydroxylation is 1. The van der Waals surface area contributed by atoms with Crippen LogP contribution in [0.2, 0.25) is 20.1 Å². The fourth-order valence-electron chi connectivity index (χ4n) is 4.24. The SMILES string of the molecule is CC[C@@H](C)NC(=O)[C@@H](CC)N(Cc1c(Cl)cccc1Cl)C(=O)CN(c1cc(Cl)ccc1Cl)S(=O)(=O)c1ccc(C)cc1. The molecule has 0 aliphatic heterocycles.